The first-order valence-electron chi connectivity index (χ1n) is 4.41. The third kappa shape index (κ3) is 1.91. The molecule has 0 saturated carbocycles. The van der Waals surface area contributed by atoms with E-state index in [9.17, 15) is 4.79 Å². The Morgan fingerprint density at radius 2 is 2.38 bits per heavy atom. The fourth-order valence-corrected chi connectivity index (χ4v) is 1.70. The summed E-state index contributed by atoms with van der Waals surface area (Å²) in [4.78, 5) is 17.0. The molecule has 1 saturated heterocycles. The number of guanidine groups is 1. The average molecular weight is 184 g/mol. The van der Waals surface area contributed by atoms with Crippen molar-refractivity contribution in [2.24, 2.45) is 10.7 Å². The lowest BCUT2D eigenvalue weighted by Crippen LogP contribution is -2.48. The summed E-state index contributed by atoms with van der Waals surface area (Å²) in [7, 11) is 3.49. The highest BCUT2D eigenvalue weighted by Crippen LogP contribution is 2.16. The minimum absolute atomic E-state index is 0.189. The molecule has 13 heavy (non-hydrogen) atoms. The van der Waals surface area contributed by atoms with Gasteiger partial charge in [0.15, 0.2) is 5.96 Å². The van der Waals surface area contributed by atoms with Crippen LogP contribution in [0.4, 0.5) is 0 Å². The molecule has 5 nitrogen and oxygen atoms in total. The van der Waals surface area contributed by atoms with E-state index in [1.807, 2.05) is 4.90 Å². The molecular weight excluding hydrogens is 168 g/mol. The van der Waals surface area contributed by atoms with Crippen molar-refractivity contribution in [3.05, 3.63) is 0 Å². The van der Waals surface area contributed by atoms with Gasteiger partial charge in [-0.2, -0.15) is 0 Å². The number of carbonyl (C=O) groups excluding carboxylic acids is 1. The summed E-state index contributed by atoms with van der Waals surface area (Å²) in [5.74, 6) is 0.468. The number of carbonyl (C=O) groups is 1. The standard InChI is InChI=1S/C8H16N4O/c1-10-8(11-2)12-5-3-4-6(12)7(9)13/h6H,3-5H2,1-2H3,(H2,9,13)(H,10,11). The molecule has 0 radical (unpaired) electrons. The van der Waals surface area contributed by atoms with Crippen LogP contribution in [0.5, 0.6) is 0 Å². The Hall–Kier alpha value is -1.26. The highest BCUT2D eigenvalue weighted by atomic mass is 16.1. The smallest absolute Gasteiger partial charge is 0.240 e. The number of primary amides is 1. The van der Waals surface area contributed by atoms with E-state index in [4.69, 9.17) is 5.73 Å². The van der Waals surface area contributed by atoms with Crippen molar-refractivity contribution in [2.75, 3.05) is 20.6 Å². The number of hydrogen-bond acceptors (Lipinski definition) is 2. The Labute approximate surface area is 78.0 Å². The van der Waals surface area contributed by atoms with Gasteiger partial charge in [0.1, 0.15) is 6.04 Å². The van der Waals surface area contributed by atoms with Crippen LogP contribution in [0.15, 0.2) is 4.99 Å². The van der Waals surface area contributed by atoms with Crippen molar-refractivity contribution in [1.82, 2.24) is 10.2 Å². The van der Waals surface area contributed by atoms with Gasteiger partial charge in [0.05, 0.1) is 0 Å². The summed E-state index contributed by atoms with van der Waals surface area (Å²) < 4.78 is 0. The average Bonchev–Trinajstić information content (AvgIpc) is 2.55. The lowest BCUT2D eigenvalue weighted by Gasteiger charge is -2.24. The predicted octanol–water partition coefficient (Wildman–Crippen LogP) is -0.859. The van der Waals surface area contributed by atoms with E-state index in [-0.39, 0.29) is 11.9 Å². The van der Waals surface area contributed by atoms with E-state index in [0.717, 1.165) is 25.3 Å². The van der Waals surface area contributed by atoms with E-state index in [2.05, 4.69) is 10.3 Å². The highest BCUT2D eigenvalue weighted by molar-refractivity contribution is 5.88. The molecule has 0 bridgehead atoms. The maximum Gasteiger partial charge on any atom is 0.240 e. The van der Waals surface area contributed by atoms with Gasteiger partial charge in [0.2, 0.25) is 5.91 Å². The molecule has 1 aliphatic rings. The van der Waals surface area contributed by atoms with Gasteiger partial charge < -0.3 is 16.0 Å². The Morgan fingerprint density at radius 3 is 2.85 bits per heavy atom. The van der Waals surface area contributed by atoms with Gasteiger partial charge in [-0.05, 0) is 12.8 Å². The molecule has 0 spiro atoms. The normalized spacial score (nSPS) is 23.4. The summed E-state index contributed by atoms with van der Waals surface area (Å²) in [6, 6.07) is -0.189. The second-order valence-electron chi connectivity index (χ2n) is 3.05. The van der Waals surface area contributed by atoms with E-state index in [1.165, 1.54) is 0 Å². The Bertz CT molecular complexity index is 226. The van der Waals surface area contributed by atoms with Crippen molar-refractivity contribution in [2.45, 2.75) is 18.9 Å². The molecule has 0 aromatic carbocycles. The first-order valence-corrected chi connectivity index (χ1v) is 4.41. The van der Waals surface area contributed by atoms with Gasteiger partial charge in [-0.1, -0.05) is 0 Å². The third-order valence-corrected chi connectivity index (χ3v) is 2.29. The number of nitrogens with one attached hydrogen (secondary N) is 1. The van der Waals surface area contributed by atoms with Gasteiger partial charge in [-0.3, -0.25) is 9.79 Å². The number of likely N-dealkylation sites (tertiary alicyclic amines) is 1. The van der Waals surface area contributed by atoms with E-state index >= 15 is 0 Å². The maximum atomic E-state index is 11.0. The number of rotatable bonds is 1. The molecule has 0 aliphatic carbocycles. The van der Waals surface area contributed by atoms with E-state index in [1.54, 1.807) is 14.1 Å². The van der Waals surface area contributed by atoms with Crippen LogP contribution in [0.25, 0.3) is 0 Å². The number of aliphatic imine (C=N–C) groups is 1. The Balaban J connectivity index is 2.73. The molecule has 3 N–H and O–H groups in total. The van der Waals surface area contributed by atoms with Gasteiger partial charge in [-0.25, -0.2) is 0 Å². The molecule has 1 amide bonds. The zero-order valence-electron chi connectivity index (χ0n) is 8.08. The second-order valence-corrected chi connectivity index (χ2v) is 3.05. The topological polar surface area (TPSA) is 70.7 Å². The quantitative estimate of drug-likeness (QED) is 0.411. The third-order valence-electron chi connectivity index (χ3n) is 2.29. The fourth-order valence-electron chi connectivity index (χ4n) is 1.70. The zero-order valence-corrected chi connectivity index (χ0v) is 8.08. The summed E-state index contributed by atoms with van der Waals surface area (Å²) in [6.45, 7) is 0.848. The SMILES string of the molecule is CN=C(NC)N1CCCC1C(N)=O. The molecule has 1 fully saturated rings. The molecule has 5 heteroatoms. The Morgan fingerprint density at radius 1 is 1.69 bits per heavy atom. The maximum absolute atomic E-state index is 11.0. The summed E-state index contributed by atoms with van der Waals surface area (Å²) in [5, 5.41) is 2.95. The largest absolute Gasteiger partial charge is 0.368 e. The summed E-state index contributed by atoms with van der Waals surface area (Å²) in [6.07, 6.45) is 1.82. The molecule has 1 rings (SSSR count). The van der Waals surface area contributed by atoms with Crippen molar-refractivity contribution in [3.63, 3.8) is 0 Å². The fraction of sp³-hybridized carbons (Fsp3) is 0.750. The molecule has 1 atom stereocenters. The van der Waals surface area contributed by atoms with Gasteiger partial charge in [0.25, 0.3) is 0 Å². The van der Waals surface area contributed by atoms with Crippen molar-refractivity contribution in [3.8, 4) is 0 Å². The number of amides is 1. The molecule has 74 valence electrons. The van der Waals surface area contributed by atoms with Gasteiger partial charge in [-0.15, -0.1) is 0 Å². The van der Waals surface area contributed by atoms with Gasteiger partial charge in [0, 0.05) is 20.6 Å². The minimum atomic E-state index is -0.270. The first kappa shape index (κ1) is 9.83. The predicted molar refractivity (Wildman–Crippen MR) is 51.3 cm³/mol. The van der Waals surface area contributed by atoms with Gasteiger partial charge >= 0.3 is 0 Å². The molecule has 0 aromatic heterocycles. The van der Waals surface area contributed by atoms with Crippen LogP contribution < -0.4 is 11.1 Å². The summed E-state index contributed by atoms with van der Waals surface area (Å²) in [5.41, 5.74) is 5.27. The lowest BCUT2D eigenvalue weighted by atomic mass is 10.2. The van der Waals surface area contributed by atoms with E-state index < -0.39 is 0 Å². The van der Waals surface area contributed by atoms with Crippen LogP contribution in [0, 0.1) is 0 Å². The highest BCUT2D eigenvalue weighted by Gasteiger charge is 2.30. The lowest BCUT2D eigenvalue weighted by molar-refractivity contribution is -0.121. The number of nitrogens with two attached hydrogens (primary N) is 1. The van der Waals surface area contributed by atoms with Crippen LogP contribution in [-0.2, 0) is 4.79 Å². The van der Waals surface area contributed by atoms with Crippen molar-refractivity contribution >= 4 is 11.9 Å². The van der Waals surface area contributed by atoms with Crippen LogP contribution >= 0.6 is 0 Å². The molecule has 1 heterocycles. The first-order chi connectivity index (χ1) is 6.20. The zero-order chi connectivity index (χ0) is 9.84. The second kappa shape index (κ2) is 4.11. The Kier molecular flexibility index (Phi) is 3.11. The molecule has 0 aromatic rings. The number of hydrogen-bond donors (Lipinski definition) is 2. The molecular formula is C8H16N4O. The minimum Gasteiger partial charge on any atom is -0.368 e. The van der Waals surface area contributed by atoms with Crippen LogP contribution in [-0.4, -0.2) is 43.4 Å². The van der Waals surface area contributed by atoms with Crippen LogP contribution in [0.3, 0.4) is 0 Å². The van der Waals surface area contributed by atoms with Crippen LogP contribution in [0.1, 0.15) is 12.8 Å². The van der Waals surface area contributed by atoms with Crippen LogP contribution in [0.2, 0.25) is 0 Å². The summed E-state index contributed by atoms with van der Waals surface area (Å²) >= 11 is 0. The van der Waals surface area contributed by atoms with E-state index in [0.29, 0.717) is 0 Å². The van der Waals surface area contributed by atoms with Crippen molar-refractivity contribution in [1.29, 1.82) is 0 Å². The van der Waals surface area contributed by atoms with Crippen molar-refractivity contribution < 1.29 is 4.79 Å². The monoisotopic (exact) mass is 184 g/mol. The number of nitrogens with zero attached hydrogens (tertiary/aromatic N) is 2. The molecule has 1 unspecified atom stereocenters. The molecule has 1 aliphatic heterocycles.